The van der Waals surface area contributed by atoms with E-state index in [1.165, 1.54) is 0 Å². The molecular weight excluding hydrogens is 445 g/mol. The van der Waals surface area contributed by atoms with Gasteiger partial charge in [-0.15, -0.1) is 0 Å². The predicted octanol–water partition coefficient (Wildman–Crippen LogP) is 4.03. The standard InChI is InChI=1S/C23H25Cl2N7/c1-30-9-11-31(12-10-30)21-13-16(5-6-26-21)20-14-28-22-23(29-20)32(8-7-27-22)15-17-18(24)3-2-4-19(17)25/h2-6,13-14H,7-12,15H2,1H3,(H,27,28). The number of aromatic nitrogens is 3. The Bertz CT molecular complexity index is 1090. The topological polar surface area (TPSA) is 60.4 Å². The van der Waals surface area contributed by atoms with E-state index in [2.05, 4.69) is 43.1 Å². The van der Waals surface area contributed by atoms with E-state index in [1.807, 2.05) is 36.7 Å². The van der Waals surface area contributed by atoms with Crippen LogP contribution in [0.15, 0.2) is 42.7 Å². The molecule has 5 rings (SSSR count). The van der Waals surface area contributed by atoms with Gasteiger partial charge >= 0.3 is 0 Å². The minimum Gasteiger partial charge on any atom is -0.365 e. The molecule has 2 aromatic heterocycles. The van der Waals surface area contributed by atoms with E-state index in [4.69, 9.17) is 28.2 Å². The summed E-state index contributed by atoms with van der Waals surface area (Å²) in [6.45, 7) is 6.17. The maximum Gasteiger partial charge on any atom is 0.172 e. The summed E-state index contributed by atoms with van der Waals surface area (Å²) in [4.78, 5) is 21.1. The number of hydrogen-bond acceptors (Lipinski definition) is 7. The SMILES string of the molecule is CN1CCN(c2cc(-c3cnc4c(n3)N(Cc3c(Cl)cccc3Cl)CCN4)ccn2)CC1. The summed E-state index contributed by atoms with van der Waals surface area (Å²) in [7, 11) is 2.15. The highest BCUT2D eigenvalue weighted by atomic mass is 35.5. The Labute approximate surface area is 198 Å². The lowest BCUT2D eigenvalue weighted by Crippen LogP contribution is -2.44. The molecule has 0 spiro atoms. The quantitative estimate of drug-likeness (QED) is 0.618. The number of hydrogen-bond donors (Lipinski definition) is 1. The molecule has 9 heteroatoms. The Morgan fingerprint density at radius 2 is 1.78 bits per heavy atom. The number of halogens is 2. The first-order valence-electron chi connectivity index (χ1n) is 10.8. The van der Waals surface area contributed by atoms with Crippen molar-refractivity contribution in [3.8, 4) is 11.3 Å². The third-order valence-electron chi connectivity index (χ3n) is 6.01. The molecule has 1 N–H and O–H groups in total. The molecular formula is C23H25Cl2N7. The fourth-order valence-electron chi connectivity index (χ4n) is 4.09. The monoisotopic (exact) mass is 469 g/mol. The van der Waals surface area contributed by atoms with E-state index >= 15 is 0 Å². The first-order valence-corrected chi connectivity index (χ1v) is 11.5. The molecule has 3 aromatic rings. The molecule has 4 heterocycles. The third-order valence-corrected chi connectivity index (χ3v) is 6.72. The van der Waals surface area contributed by atoms with Crippen molar-refractivity contribution >= 4 is 40.7 Å². The Hall–Kier alpha value is -2.61. The molecule has 0 radical (unpaired) electrons. The van der Waals surface area contributed by atoms with Gasteiger partial charge in [-0.05, 0) is 31.3 Å². The third kappa shape index (κ3) is 4.33. The molecule has 1 aromatic carbocycles. The van der Waals surface area contributed by atoms with E-state index in [0.717, 1.165) is 73.5 Å². The van der Waals surface area contributed by atoms with Gasteiger partial charge in [-0.3, -0.25) is 0 Å². The highest BCUT2D eigenvalue weighted by Crippen LogP contribution is 2.33. The van der Waals surface area contributed by atoms with Gasteiger partial charge in [0.05, 0.1) is 11.9 Å². The van der Waals surface area contributed by atoms with Crippen molar-refractivity contribution in [3.63, 3.8) is 0 Å². The highest BCUT2D eigenvalue weighted by Gasteiger charge is 2.23. The Kier molecular flexibility index (Phi) is 6.04. The summed E-state index contributed by atoms with van der Waals surface area (Å²) < 4.78 is 0. The number of likely N-dealkylation sites (N-methyl/N-ethyl adjacent to an activating group) is 1. The van der Waals surface area contributed by atoms with E-state index in [-0.39, 0.29) is 0 Å². The fourth-order valence-corrected chi connectivity index (χ4v) is 4.61. The van der Waals surface area contributed by atoms with Gasteiger partial charge in [-0.1, -0.05) is 29.3 Å². The molecule has 0 amide bonds. The van der Waals surface area contributed by atoms with Gasteiger partial charge in [0.2, 0.25) is 0 Å². The number of fused-ring (bicyclic) bond motifs is 1. The highest BCUT2D eigenvalue weighted by molar-refractivity contribution is 6.36. The number of anilines is 3. The maximum atomic E-state index is 6.43. The average Bonchev–Trinajstić information content (AvgIpc) is 2.82. The Balaban J connectivity index is 1.44. The number of rotatable bonds is 4. The summed E-state index contributed by atoms with van der Waals surface area (Å²) in [5, 5.41) is 4.67. The van der Waals surface area contributed by atoms with Gasteiger partial charge in [0, 0.05) is 73.2 Å². The van der Waals surface area contributed by atoms with Crippen LogP contribution in [0.5, 0.6) is 0 Å². The molecule has 0 bridgehead atoms. The van der Waals surface area contributed by atoms with Crippen LogP contribution in [0, 0.1) is 0 Å². The zero-order valence-corrected chi connectivity index (χ0v) is 19.4. The van der Waals surface area contributed by atoms with Crippen molar-refractivity contribution < 1.29 is 0 Å². The number of pyridine rings is 1. The van der Waals surface area contributed by atoms with Gasteiger partial charge in [0.1, 0.15) is 5.82 Å². The van der Waals surface area contributed by atoms with Crippen LogP contribution in [0.25, 0.3) is 11.3 Å². The largest absolute Gasteiger partial charge is 0.365 e. The lowest BCUT2D eigenvalue weighted by atomic mass is 10.1. The summed E-state index contributed by atoms with van der Waals surface area (Å²) in [5.74, 6) is 2.56. The molecule has 0 aliphatic carbocycles. The molecule has 32 heavy (non-hydrogen) atoms. The van der Waals surface area contributed by atoms with E-state index in [0.29, 0.717) is 16.6 Å². The van der Waals surface area contributed by atoms with Crippen molar-refractivity contribution in [2.75, 3.05) is 61.4 Å². The van der Waals surface area contributed by atoms with Crippen molar-refractivity contribution in [1.82, 2.24) is 19.9 Å². The van der Waals surface area contributed by atoms with Crippen LogP contribution in [0.3, 0.4) is 0 Å². The molecule has 0 saturated carbocycles. The molecule has 2 aliphatic rings. The second-order valence-corrected chi connectivity index (χ2v) is 8.98. The number of nitrogens with one attached hydrogen (secondary N) is 1. The van der Waals surface area contributed by atoms with Gasteiger partial charge in [0.25, 0.3) is 0 Å². The van der Waals surface area contributed by atoms with Crippen LogP contribution in [0.1, 0.15) is 5.56 Å². The zero-order chi connectivity index (χ0) is 22.1. The number of piperazine rings is 1. The molecule has 7 nitrogen and oxygen atoms in total. The first kappa shape index (κ1) is 21.2. The fraction of sp³-hybridized carbons (Fsp3) is 0.348. The van der Waals surface area contributed by atoms with Crippen LogP contribution in [0.4, 0.5) is 17.5 Å². The zero-order valence-electron chi connectivity index (χ0n) is 17.9. The lowest BCUT2D eigenvalue weighted by Gasteiger charge is -2.33. The number of benzene rings is 1. The van der Waals surface area contributed by atoms with Crippen LogP contribution >= 0.6 is 23.2 Å². The molecule has 0 atom stereocenters. The van der Waals surface area contributed by atoms with Crippen LogP contribution < -0.4 is 15.1 Å². The van der Waals surface area contributed by atoms with Crippen LogP contribution in [-0.2, 0) is 6.54 Å². The Morgan fingerprint density at radius 1 is 1.00 bits per heavy atom. The Morgan fingerprint density at radius 3 is 2.56 bits per heavy atom. The summed E-state index contributed by atoms with van der Waals surface area (Å²) in [6, 6.07) is 9.68. The van der Waals surface area contributed by atoms with Crippen LogP contribution in [0.2, 0.25) is 10.0 Å². The van der Waals surface area contributed by atoms with E-state index < -0.39 is 0 Å². The lowest BCUT2D eigenvalue weighted by molar-refractivity contribution is 0.312. The molecule has 0 unspecified atom stereocenters. The van der Waals surface area contributed by atoms with Gasteiger partial charge in [0.15, 0.2) is 11.6 Å². The van der Waals surface area contributed by atoms with Crippen molar-refractivity contribution in [2.45, 2.75) is 6.54 Å². The van der Waals surface area contributed by atoms with Crippen molar-refractivity contribution in [2.24, 2.45) is 0 Å². The normalized spacial score (nSPS) is 16.6. The summed E-state index contributed by atoms with van der Waals surface area (Å²) >= 11 is 12.9. The second-order valence-electron chi connectivity index (χ2n) is 8.17. The van der Waals surface area contributed by atoms with E-state index in [1.54, 1.807) is 0 Å². The van der Waals surface area contributed by atoms with Gasteiger partial charge < -0.3 is 20.0 Å². The summed E-state index contributed by atoms with van der Waals surface area (Å²) in [6.07, 6.45) is 3.67. The first-order chi connectivity index (χ1) is 15.6. The minimum absolute atomic E-state index is 0.578. The molecule has 166 valence electrons. The number of nitrogens with zero attached hydrogens (tertiary/aromatic N) is 6. The van der Waals surface area contributed by atoms with Gasteiger partial charge in [-0.25, -0.2) is 15.0 Å². The average molecular weight is 470 g/mol. The molecule has 1 fully saturated rings. The van der Waals surface area contributed by atoms with Crippen LogP contribution in [-0.4, -0.2) is 66.2 Å². The van der Waals surface area contributed by atoms with Crippen molar-refractivity contribution in [3.05, 3.63) is 58.3 Å². The van der Waals surface area contributed by atoms with Gasteiger partial charge in [-0.2, -0.15) is 0 Å². The van der Waals surface area contributed by atoms with E-state index in [9.17, 15) is 0 Å². The predicted molar refractivity (Wildman–Crippen MR) is 131 cm³/mol. The molecule has 1 saturated heterocycles. The van der Waals surface area contributed by atoms with Crippen molar-refractivity contribution in [1.29, 1.82) is 0 Å². The second kappa shape index (κ2) is 9.10. The minimum atomic E-state index is 0.578. The smallest absolute Gasteiger partial charge is 0.172 e. The summed E-state index contributed by atoms with van der Waals surface area (Å²) in [5.41, 5.74) is 2.73. The molecule has 2 aliphatic heterocycles. The maximum absolute atomic E-state index is 6.43.